The van der Waals surface area contributed by atoms with Crippen molar-refractivity contribution in [2.24, 2.45) is 0 Å². The van der Waals surface area contributed by atoms with Gasteiger partial charge in [0, 0.05) is 0 Å². The number of hydrogen-bond acceptors (Lipinski definition) is 2. The third kappa shape index (κ3) is 2.49. The molecule has 0 heterocycles. The lowest BCUT2D eigenvalue weighted by molar-refractivity contribution is -0.107. The van der Waals surface area contributed by atoms with Gasteiger partial charge in [-0.1, -0.05) is 24.3 Å². The molecular weight excluding hydrogens is 252 g/mol. The quantitative estimate of drug-likeness (QED) is 0.797. The Balaban J connectivity index is 2.44. The summed E-state index contributed by atoms with van der Waals surface area (Å²) in [7, 11) is 0. The SMILES string of the molecule is O=CN(C(=O)c1ccccc1F)c1ccccc1F. The number of anilines is 1. The average molecular weight is 261 g/mol. The van der Waals surface area contributed by atoms with Crippen LogP contribution in [0.3, 0.4) is 0 Å². The van der Waals surface area contributed by atoms with E-state index in [1.807, 2.05) is 0 Å². The van der Waals surface area contributed by atoms with E-state index in [4.69, 9.17) is 0 Å². The van der Waals surface area contributed by atoms with Gasteiger partial charge in [0.1, 0.15) is 11.6 Å². The van der Waals surface area contributed by atoms with Gasteiger partial charge in [0.05, 0.1) is 11.3 Å². The molecule has 0 unspecified atom stereocenters. The number of carbonyl (C=O) groups is 2. The second kappa shape index (κ2) is 5.39. The van der Waals surface area contributed by atoms with E-state index in [0.29, 0.717) is 4.90 Å². The highest BCUT2D eigenvalue weighted by Crippen LogP contribution is 2.20. The Morgan fingerprint density at radius 1 is 0.947 bits per heavy atom. The molecule has 0 atom stereocenters. The van der Waals surface area contributed by atoms with Gasteiger partial charge in [-0.25, -0.2) is 13.7 Å². The average Bonchev–Trinajstić information content (AvgIpc) is 2.42. The zero-order chi connectivity index (χ0) is 13.8. The van der Waals surface area contributed by atoms with Crippen LogP contribution in [0.5, 0.6) is 0 Å². The maximum Gasteiger partial charge on any atom is 0.267 e. The van der Waals surface area contributed by atoms with Crippen LogP contribution in [0, 0.1) is 11.6 Å². The Bertz CT molecular complexity index is 628. The van der Waals surface area contributed by atoms with Crippen LogP contribution >= 0.6 is 0 Å². The van der Waals surface area contributed by atoms with Gasteiger partial charge < -0.3 is 0 Å². The monoisotopic (exact) mass is 261 g/mol. The predicted molar refractivity (Wildman–Crippen MR) is 65.7 cm³/mol. The molecule has 5 heteroatoms. The molecule has 0 bridgehead atoms. The first-order valence-electron chi connectivity index (χ1n) is 5.43. The van der Waals surface area contributed by atoms with Crippen LogP contribution in [-0.4, -0.2) is 12.3 Å². The molecule has 3 nitrogen and oxygen atoms in total. The summed E-state index contributed by atoms with van der Waals surface area (Å²) in [5, 5.41) is 0. The summed E-state index contributed by atoms with van der Waals surface area (Å²) in [4.78, 5) is 23.6. The minimum atomic E-state index is -0.918. The minimum Gasteiger partial charge on any atom is -0.278 e. The lowest BCUT2D eigenvalue weighted by atomic mass is 10.1. The van der Waals surface area contributed by atoms with E-state index < -0.39 is 17.5 Å². The highest BCUT2D eigenvalue weighted by molar-refractivity contribution is 6.15. The van der Waals surface area contributed by atoms with Crippen molar-refractivity contribution in [1.29, 1.82) is 0 Å². The molecule has 2 aromatic rings. The van der Waals surface area contributed by atoms with Gasteiger partial charge in [0.2, 0.25) is 6.41 Å². The molecule has 0 aliphatic carbocycles. The number of rotatable bonds is 3. The summed E-state index contributed by atoms with van der Waals surface area (Å²) < 4.78 is 27.1. The maximum absolute atomic E-state index is 13.6. The van der Waals surface area contributed by atoms with E-state index in [1.165, 1.54) is 36.4 Å². The first-order valence-corrected chi connectivity index (χ1v) is 5.43. The van der Waals surface area contributed by atoms with E-state index in [1.54, 1.807) is 0 Å². The zero-order valence-corrected chi connectivity index (χ0v) is 9.72. The number of benzene rings is 2. The summed E-state index contributed by atoms with van der Waals surface area (Å²) >= 11 is 0. The first-order chi connectivity index (χ1) is 9.15. The summed E-state index contributed by atoms with van der Waals surface area (Å²) in [5.74, 6) is -2.42. The lowest BCUT2D eigenvalue weighted by Gasteiger charge is -2.16. The molecule has 0 spiro atoms. The molecule has 96 valence electrons. The molecule has 0 radical (unpaired) electrons. The van der Waals surface area contributed by atoms with Crippen molar-refractivity contribution in [3.05, 3.63) is 65.7 Å². The summed E-state index contributed by atoms with van der Waals surface area (Å²) in [6, 6.07) is 10.5. The number of carbonyl (C=O) groups excluding carboxylic acids is 2. The van der Waals surface area contributed by atoms with Crippen LogP contribution in [0.15, 0.2) is 48.5 Å². The fraction of sp³-hybridized carbons (Fsp3) is 0. The normalized spacial score (nSPS) is 10.0. The standard InChI is InChI=1S/C14H9F2NO2/c15-11-6-2-1-5-10(11)14(19)17(9-18)13-8-4-3-7-12(13)16/h1-9H. The van der Waals surface area contributed by atoms with E-state index in [9.17, 15) is 18.4 Å². The number of halogens is 2. The van der Waals surface area contributed by atoms with Gasteiger partial charge in [0.15, 0.2) is 0 Å². The van der Waals surface area contributed by atoms with Crippen molar-refractivity contribution in [2.45, 2.75) is 0 Å². The molecule has 0 fully saturated rings. The van der Waals surface area contributed by atoms with Crippen molar-refractivity contribution in [2.75, 3.05) is 4.90 Å². The Hall–Kier alpha value is -2.56. The van der Waals surface area contributed by atoms with Crippen LogP contribution in [0.2, 0.25) is 0 Å². The van der Waals surface area contributed by atoms with E-state index in [2.05, 4.69) is 0 Å². The van der Waals surface area contributed by atoms with Crippen LogP contribution in [-0.2, 0) is 4.79 Å². The van der Waals surface area contributed by atoms with Gasteiger partial charge in [-0.3, -0.25) is 9.59 Å². The molecule has 0 N–H and O–H groups in total. The molecule has 19 heavy (non-hydrogen) atoms. The predicted octanol–water partition coefficient (Wildman–Crippen LogP) is 2.77. The fourth-order valence-electron chi connectivity index (χ4n) is 1.63. The van der Waals surface area contributed by atoms with Gasteiger partial charge in [0.25, 0.3) is 5.91 Å². The number of amides is 2. The summed E-state index contributed by atoms with van der Waals surface area (Å²) in [6.45, 7) is 0. The number of para-hydroxylation sites is 1. The van der Waals surface area contributed by atoms with Crippen molar-refractivity contribution >= 4 is 18.0 Å². The second-order valence-electron chi connectivity index (χ2n) is 3.71. The molecule has 2 rings (SSSR count). The Morgan fingerprint density at radius 3 is 2.11 bits per heavy atom. The highest BCUT2D eigenvalue weighted by Gasteiger charge is 2.22. The fourth-order valence-corrected chi connectivity index (χ4v) is 1.63. The van der Waals surface area contributed by atoms with E-state index in [-0.39, 0.29) is 17.7 Å². The molecule has 0 aliphatic heterocycles. The summed E-state index contributed by atoms with van der Waals surface area (Å²) in [6.07, 6.45) is 0.160. The van der Waals surface area contributed by atoms with Gasteiger partial charge in [-0.15, -0.1) is 0 Å². The van der Waals surface area contributed by atoms with Gasteiger partial charge in [-0.05, 0) is 24.3 Å². The first kappa shape index (κ1) is 12.9. The zero-order valence-electron chi connectivity index (χ0n) is 9.72. The molecule has 0 aliphatic rings. The largest absolute Gasteiger partial charge is 0.278 e. The second-order valence-corrected chi connectivity index (χ2v) is 3.71. The van der Waals surface area contributed by atoms with Gasteiger partial charge in [-0.2, -0.15) is 0 Å². The van der Waals surface area contributed by atoms with Crippen molar-refractivity contribution in [1.82, 2.24) is 0 Å². The number of hydrogen-bond donors (Lipinski definition) is 0. The van der Waals surface area contributed by atoms with Crippen LogP contribution in [0.4, 0.5) is 14.5 Å². The van der Waals surface area contributed by atoms with Gasteiger partial charge >= 0.3 is 0 Å². The third-order valence-corrected chi connectivity index (χ3v) is 2.54. The molecule has 0 saturated carbocycles. The Morgan fingerprint density at radius 2 is 1.53 bits per heavy atom. The smallest absolute Gasteiger partial charge is 0.267 e. The maximum atomic E-state index is 13.6. The minimum absolute atomic E-state index is 0.160. The molecule has 0 saturated heterocycles. The van der Waals surface area contributed by atoms with Crippen molar-refractivity contribution in [3.63, 3.8) is 0 Å². The van der Waals surface area contributed by atoms with Crippen molar-refractivity contribution in [3.8, 4) is 0 Å². The lowest BCUT2D eigenvalue weighted by Crippen LogP contribution is -2.30. The van der Waals surface area contributed by atoms with Crippen LogP contribution in [0.1, 0.15) is 10.4 Å². The van der Waals surface area contributed by atoms with E-state index in [0.717, 1.165) is 12.1 Å². The molecular formula is C14H9F2NO2. The number of nitrogens with zero attached hydrogens (tertiary/aromatic N) is 1. The number of imide groups is 1. The van der Waals surface area contributed by atoms with Crippen LogP contribution in [0.25, 0.3) is 0 Å². The highest BCUT2D eigenvalue weighted by atomic mass is 19.1. The molecule has 2 aromatic carbocycles. The molecule has 2 amide bonds. The topological polar surface area (TPSA) is 37.4 Å². The third-order valence-electron chi connectivity index (χ3n) is 2.54. The van der Waals surface area contributed by atoms with Crippen molar-refractivity contribution < 1.29 is 18.4 Å². The molecule has 0 aromatic heterocycles. The van der Waals surface area contributed by atoms with E-state index >= 15 is 0 Å². The van der Waals surface area contributed by atoms with Crippen LogP contribution < -0.4 is 4.90 Å². The Labute approximate surface area is 108 Å². The Kier molecular flexibility index (Phi) is 3.66. The summed E-state index contributed by atoms with van der Waals surface area (Å²) in [5.41, 5.74) is -0.511.